The lowest BCUT2D eigenvalue weighted by molar-refractivity contribution is -0.139. The molecule has 1 aliphatic rings. The molecule has 3 rings (SSSR count). The van der Waals surface area contributed by atoms with E-state index in [0.717, 1.165) is 29.8 Å². The Hall–Kier alpha value is -2.16. The Morgan fingerprint density at radius 3 is 2.69 bits per heavy atom. The SMILES string of the molecule is CSCCC(NC(=O)c1cc(NCC2NCCC2S)ccc1Cc1ccccc1)C(=O)O. The normalized spacial score (nSPS) is 18.8. The zero-order valence-electron chi connectivity index (χ0n) is 18.2. The molecule has 3 atom stereocenters. The number of amides is 1. The van der Waals surface area contributed by atoms with Crippen molar-refractivity contribution in [2.24, 2.45) is 0 Å². The Kier molecular flexibility index (Phi) is 9.32. The van der Waals surface area contributed by atoms with E-state index >= 15 is 0 Å². The molecule has 0 spiro atoms. The summed E-state index contributed by atoms with van der Waals surface area (Å²) in [5.41, 5.74) is 3.28. The van der Waals surface area contributed by atoms with Crippen LogP contribution in [0.5, 0.6) is 0 Å². The van der Waals surface area contributed by atoms with Gasteiger partial charge in [-0.2, -0.15) is 24.4 Å². The highest BCUT2D eigenvalue weighted by Crippen LogP contribution is 2.21. The Balaban J connectivity index is 1.80. The molecule has 1 fully saturated rings. The van der Waals surface area contributed by atoms with Gasteiger partial charge in [0, 0.05) is 29.1 Å². The molecule has 1 amide bonds. The number of carboxylic acid groups (broad SMARTS) is 1. The van der Waals surface area contributed by atoms with E-state index in [2.05, 4.69) is 28.6 Å². The number of carboxylic acids is 1. The van der Waals surface area contributed by atoms with Crippen LogP contribution in [0.2, 0.25) is 0 Å². The van der Waals surface area contributed by atoms with E-state index in [0.29, 0.717) is 36.0 Å². The molecule has 0 aliphatic carbocycles. The van der Waals surface area contributed by atoms with Gasteiger partial charge in [0.25, 0.3) is 5.91 Å². The third kappa shape index (κ3) is 6.92. The lowest BCUT2D eigenvalue weighted by Gasteiger charge is -2.19. The first kappa shape index (κ1) is 24.5. The Morgan fingerprint density at radius 2 is 2.03 bits per heavy atom. The van der Waals surface area contributed by atoms with Gasteiger partial charge < -0.3 is 21.1 Å². The van der Waals surface area contributed by atoms with Gasteiger partial charge in [0.2, 0.25) is 0 Å². The van der Waals surface area contributed by atoms with Gasteiger partial charge in [-0.1, -0.05) is 36.4 Å². The van der Waals surface area contributed by atoms with E-state index in [1.807, 2.05) is 54.8 Å². The predicted molar refractivity (Wildman–Crippen MR) is 135 cm³/mol. The fraction of sp³-hybridized carbons (Fsp3) is 0.417. The minimum absolute atomic E-state index is 0.266. The third-order valence-electron chi connectivity index (χ3n) is 5.64. The first-order chi connectivity index (χ1) is 15.5. The number of rotatable bonds is 11. The summed E-state index contributed by atoms with van der Waals surface area (Å²) in [7, 11) is 0. The molecular weight excluding hydrogens is 442 g/mol. The quantitative estimate of drug-likeness (QED) is 0.322. The Bertz CT molecular complexity index is 911. The largest absolute Gasteiger partial charge is 0.480 e. The van der Waals surface area contributed by atoms with Crippen LogP contribution in [-0.2, 0) is 11.2 Å². The fourth-order valence-corrected chi connectivity index (χ4v) is 4.60. The predicted octanol–water partition coefficient (Wildman–Crippen LogP) is 3.29. The molecule has 6 nitrogen and oxygen atoms in total. The number of anilines is 1. The van der Waals surface area contributed by atoms with Crippen LogP contribution in [-0.4, -0.2) is 59.4 Å². The summed E-state index contributed by atoms with van der Waals surface area (Å²) in [6.07, 6.45) is 3.92. The Morgan fingerprint density at radius 1 is 1.25 bits per heavy atom. The molecule has 0 bridgehead atoms. The maximum absolute atomic E-state index is 13.2. The zero-order valence-corrected chi connectivity index (χ0v) is 19.9. The molecule has 32 heavy (non-hydrogen) atoms. The number of benzene rings is 2. The van der Waals surface area contributed by atoms with Crippen molar-refractivity contribution in [2.45, 2.75) is 36.6 Å². The van der Waals surface area contributed by atoms with E-state index in [1.165, 1.54) is 0 Å². The van der Waals surface area contributed by atoms with Crippen molar-refractivity contribution >= 4 is 42.0 Å². The van der Waals surface area contributed by atoms with Gasteiger partial charge in [0.05, 0.1) is 0 Å². The molecule has 1 aliphatic heterocycles. The molecule has 1 saturated heterocycles. The van der Waals surface area contributed by atoms with Gasteiger partial charge in [-0.05, 0) is 61.1 Å². The highest BCUT2D eigenvalue weighted by molar-refractivity contribution is 7.98. The van der Waals surface area contributed by atoms with Crippen molar-refractivity contribution in [3.05, 3.63) is 65.2 Å². The second-order valence-corrected chi connectivity index (χ2v) is 9.63. The van der Waals surface area contributed by atoms with Crippen LogP contribution in [0.15, 0.2) is 48.5 Å². The van der Waals surface area contributed by atoms with Gasteiger partial charge in [0.15, 0.2) is 0 Å². The maximum atomic E-state index is 13.2. The van der Waals surface area contributed by atoms with Crippen LogP contribution in [0.1, 0.15) is 34.3 Å². The number of aliphatic carboxylic acids is 1. The zero-order chi connectivity index (χ0) is 22.9. The molecule has 0 radical (unpaired) electrons. The standard InChI is InChI=1S/C24H31N3O3S2/c1-32-12-10-20(24(29)30)27-23(28)19-14-18(26-15-21-22(31)9-11-25-21)8-7-17(19)13-16-5-3-2-4-6-16/h2-8,14,20-22,25-26,31H,9-13,15H2,1H3,(H,27,28)(H,29,30). The molecule has 172 valence electrons. The monoisotopic (exact) mass is 473 g/mol. The molecule has 0 saturated carbocycles. The van der Waals surface area contributed by atoms with Crippen molar-refractivity contribution in [3.8, 4) is 0 Å². The number of thioether (sulfide) groups is 1. The molecule has 3 unspecified atom stereocenters. The molecule has 8 heteroatoms. The first-order valence-corrected chi connectivity index (χ1v) is 12.7. The summed E-state index contributed by atoms with van der Waals surface area (Å²) in [6.45, 7) is 1.66. The van der Waals surface area contributed by atoms with E-state index in [9.17, 15) is 14.7 Å². The van der Waals surface area contributed by atoms with Crippen molar-refractivity contribution in [3.63, 3.8) is 0 Å². The van der Waals surface area contributed by atoms with E-state index in [4.69, 9.17) is 0 Å². The second-order valence-electron chi connectivity index (χ2n) is 7.98. The highest BCUT2D eigenvalue weighted by atomic mass is 32.2. The van der Waals surface area contributed by atoms with Crippen LogP contribution < -0.4 is 16.0 Å². The number of thiol groups is 1. The van der Waals surface area contributed by atoms with Gasteiger partial charge >= 0.3 is 5.97 Å². The van der Waals surface area contributed by atoms with E-state index < -0.39 is 12.0 Å². The van der Waals surface area contributed by atoms with Crippen LogP contribution in [0, 0.1) is 0 Å². The number of nitrogens with one attached hydrogen (secondary N) is 3. The van der Waals surface area contributed by atoms with E-state index in [1.54, 1.807) is 11.8 Å². The van der Waals surface area contributed by atoms with Crippen molar-refractivity contribution in [1.29, 1.82) is 0 Å². The molecule has 2 aromatic carbocycles. The summed E-state index contributed by atoms with van der Waals surface area (Å²) in [6, 6.07) is 15.0. The van der Waals surface area contributed by atoms with Crippen LogP contribution in [0.25, 0.3) is 0 Å². The average molecular weight is 474 g/mol. The van der Waals surface area contributed by atoms with Crippen LogP contribution in [0.3, 0.4) is 0 Å². The average Bonchev–Trinajstić information content (AvgIpc) is 3.20. The van der Waals surface area contributed by atoms with Gasteiger partial charge in [-0.25, -0.2) is 4.79 Å². The van der Waals surface area contributed by atoms with Crippen molar-refractivity contribution in [1.82, 2.24) is 10.6 Å². The minimum atomic E-state index is -1.02. The summed E-state index contributed by atoms with van der Waals surface area (Å²) >= 11 is 6.18. The Labute approximate surface area is 199 Å². The van der Waals surface area contributed by atoms with Crippen LogP contribution in [0.4, 0.5) is 5.69 Å². The number of carbonyl (C=O) groups is 2. The molecule has 2 aromatic rings. The molecule has 4 N–H and O–H groups in total. The number of carbonyl (C=O) groups excluding carboxylic acids is 1. The van der Waals surface area contributed by atoms with Gasteiger partial charge in [-0.3, -0.25) is 4.79 Å². The third-order valence-corrected chi connectivity index (χ3v) is 6.91. The van der Waals surface area contributed by atoms with Gasteiger partial charge in [0.1, 0.15) is 6.04 Å². The van der Waals surface area contributed by atoms with Crippen LogP contribution >= 0.6 is 24.4 Å². The highest BCUT2D eigenvalue weighted by Gasteiger charge is 2.24. The fourth-order valence-electron chi connectivity index (χ4n) is 3.79. The molecular formula is C24H31N3O3S2. The van der Waals surface area contributed by atoms with Crippen molar-refractivity contribution < 1.29 is 14.7 Å². The maximum Gasteiger partial charge on any atom is 0.326 e. The molecule has 0 aromatic heterocycles. The second kappa shape index (κ2) is 12.2. The smallest absolute Gasteiger partial charge is 0.326 e. The minimum Gasteiger partial charge on any atom is -0.480 e. The summed E-state index contributed by atoms with van der Waals surface area (Å²) < 4.78 is 0. The summed E-state index contributed by atoms with van der Waals surface area (Å²) in [5.74, 6) is -0.716. The molecule has 1 heterocycles. The lowest BCUT2D eigenvalue weighted by Crippen LogP contribution is -2.41. The topological polar surface area (TPSA) is 90.5 Å². The van der Waals surface area contributed by atoms with Gasteiger partial charge in [-0.15, -0.1) is 0 Å². The van der Waals surface area contributed by atoms with Crippen molar-refractivity contribution in [2.75, 3.05) is 30.4 Å². The summed E-state index contributed by atoms with van der Waals surface area (Å²) in [4.78, 5) is 24.8. The number of hydrogen-bond donors (Lipinski definition) is 5. The van der Waals surface area contributed by atoms with E-state index in [-0.39, 0.29) is 11.9 Å². The summed E-state index contributed by atoms with van der Waals surface area (Å²) in [5, 5.41) is 19.4. The first-order valence-electron chi connectivity index (χ1n) is 10.8. The lowest BCUT2D eigenvalue weighted by atomic mass is 9.98. The number of hydrogen-bond acceptors (Lipinski definition) is 6.